The Morgan fingerprint density at radius 1 is 1.21 bits per heavy atom. The predicted molar refractivity (Wildman–Crippen MR) is 63.2 cm³/mol. The molecular weight excluding hydrogens is 257 g/mol. The maximum atomic E-state index is 13.2. The van der Waals surface area contributed by atoms with Crippen molar-refractivity contribution < 1.29 is 13.2 Å². The molecule has 0 spiro atoms. The van der Waals surface area contributed by atoms with Crippen molar-refractivity contribution in [2.75, 3.05) is 0 Å². The van der Waals surface area contributed by atoms with Crippen LogP contribution in [0.15, 0.2) is 18.3 Å². The zero-order valence-electron chi connectivity index (χ0n) is 10.5. The molecule has 1 aromatic heterocycles. The minimum atomic E-state index is -1.49. The van der Waals surface area contributed by atoms with Crippen LogP contribution in [-0.2, 0) is 6.54 Å². The van der Waals surface area contributed by atoms with Crippen molar-refractivity contribution in [2.24, 2.45) is 0 Å². The maximum absolute atomic E-state index is 13.2. The molecule has 1 N–H and O–H groups in total. The number of aromatic nitrogens is 3. The molecular formula is C12H13F3N4. The van der Waals surface area contributed by atoms with E-state index in [1.807, 2.05) is 13.8 Å². The molecule has 0 aliphatic heterocycles. The van der Waals surface area contributed by atoms with Gasteiger partial charge in [-0.1, -0.05) is 19.1 Å². The molecule has 0 saturated carbocycles. The third kappa shape index (κ3) is 2.93. The zero-order chi connectivity index (χ0) is 14.0. The van der Waals surface area contributed by atoms with Crippen LogP contribution in [0.25, 0.3) is 5.69 Å². The molecule has 2 aromatic rings. The van der Waals surface area contributed by atoms with Gasteiger partial charge in [0.05, 0.1) is 17.6 Å². The molecule has 1 aromatic carbocycles. The number of benzene rings is 1. The molecule has 0 atom stereocenters. The van der Waals surface area contributed by atoms with Crippen LogP contribution in [0.5, 0.6) is 0 Å². The Labute approximate surface area is 108 Å². The van der Waals surface area contributed by atoms with E-state index in [0.29, 0.717) is 12.2 Å². The standard InChI is InChI=1S/C12H13F3N4/c1-7(2)16-5-9-6-17-18-19(9)8-3-10(13)12(15)11(14)4-8/h3-4,6-7,16H,5H2,1-2H3. The lowest BCUT2D eigenvalue weighted by atomic mass is 10.2. The van der Waals surface area contributed by atoms with Crippen molar-refractivity contribution in [2.45, 2.75) is 26.4 Å². The van der Waals surface area contributed by atoms with E-state index in [-0.39, 0.29) is 11.7 Å². The molecule has 0 saturated heterocycles. The van der Waals surface area contributed by atoms with Crippen molar-refractivity contribution in [3.63, 3.8) is 0 Å². The highest BCUT2D eigenvalue weighted by atomic mass is 19.2. The minimum Gasteiger partial charge on any atom is -0.309 e. The van der Waals surface area contributed by atoms with E-state index in [2.05, 4.69) is 15.6 Å². The molecule has 4 nitrogen and oxygen atoms in total. The summed E-state index contributed by atoms with van der Waals surface area (Å²) >= 11 is 0. The van der Waals surface area contributed by atoms with Crippen LogP contribution < -0.4 is 5.32 Å². The summed E-state index contributed by atoms with van der Waals surface area (Å²) in [6.07, 6.45) is 1.48. The number of halogens is 3. The van der Waals surface area contributed by atoms with Crippen LogP contribution in [0.4, 0.5) is 13.2 Å². The topological polar surface area (TPSA) is 42.7 Å². The van der Waals surface area contributed by atoms with Crippen LogP contribution >= 0.6 is 0 Å². The van der Waals surface area contributed by atoms with E-state index in [9.17, 15) is 13.2 Å². The first kappa shape index (κ1) is 13.5. The van der Waals surface area contributed by atoms with E-state index >= 15 is 0 Å². The lowest BCUT2D eigenvalue weighted by molar-refractivity contribution is 0.445. The van der Waals surface area contributed by atoms with Gasteiger partial charge >= 0.3 is 0 Å². The Balaban J connectivity index is 2.34. The van der Waals surface area contributed by atoms with Crippen LogP contribution in [0, 0.1) is 17.5 Å². The van der Waals surface area contributed by atoms with Crippen LogP contribution in [0.2, 0.25) is 0 Å². The smallest absolute Gasteiger partial charge is 0.194 e. The first-order valence-corrected chi connectivity index (χ1v) is 5.77. The summed E-state index contributed by atoms with van der Waals surface area (Å²) in [5.41, 5.74) is 0.716. The monoisotopic (exact) mass is 270 g/mol. The van der Waals surface area contributed by atoms with E-state index in [4.69, 9.17) is 0 Å². The highest BCUT2D eigenvalue weighted by molar-refractivity contribution is 5.33. The fourth-order valence-corrected chi connectivity index (χ4v) is 1.57. The number of hydrogen-bond donors (Lipinski definition) is 1. The van der Waals surface area contributed by atoms with Gasteiger partial charge in [-0.25, -0.2) is 17.9 Å². The summed E-state index contributed by atoms with van der Waals surface area (Å²) in [7, 11) is 0. The largest absolute Gasteiger partial charge is 0.309 e. The van der Waals surface area contributed by atoms with Gasteiger partial charge in [-0.05, 0) is 0 Å². The summed E-state index contributed by atoms with van der Waals surface area (Å²) in [5, 5.41) is 10.6. The third-order valence-electron chi connectivity index (χ3n) is 2.52. The quantitative estimate of drug-likeness (QED) is 0.866. The predicted octanol–water partition coefficient (Wildman–Crippen LogP) is 2.18. The first-order chi connectivity index (χ1) is 8.99. The van der Waals surface area contributed by atoms with Crippen LogP contribution in [-0.4, -0.2) is 21.0 Å². The lowest BCUT2D eigenvalue weighted by Crippen LogP contribution is -2.23. The molecule has 0 unspecified atom stereocenters. The molecule has 0 bridgehead atoms. The van der Waals surface area contributed by atoms with Crippen molar-refractivity contribution in [1.82, 2.24) is 20.3 Å². The third-order valence-corrected chi connectivity index (χ3v) is 2.52. The Kier molecular flexibility index (Phi) is 3.84. The molecule has 2 rings (SSSR count). The van der Waals surface area contributed by atoms with E-state index in [0.717, 1.165) is 12.1 Å². The van der Waals surface area contributed by atoms with Crippen molar-refractivity contribution in [1.29, 1.82) is 0 Å². The fraction of sp³-hybridized carbons (Fsp3) is 0.333. The van der Waals surface area contributed by atoms with E-state index < -0.39 is 17.5 Å². The van der Waals surface area contributed by atoms with E-state index in [1.165, 1.54) is 10.9 Å². The van der Waals surface area contributed by atoms with Gasteiger partial charge in [-0.2, -0.15) is 0 Å². The van der Waals surface area contributed by atoms with Gasteiger partial charge in [0.2, 0.25) is 0 Å². The molecule has 0 radical (unpaired) electrons. The summed E-state index contributed by atoms with van der Waals surface area (Å²) < 4.78 is 40.5. The van der Waals surface area contributed by atoms with Gasteiger partial charge in [0.25, 0.3) is 0 Å². The van der Waals surface area contributed by atoms with Gasteiger partial charge in [0, 0.05) is 24.7 Å². The minimum absolute atomic E-state index is 0.0921. The number of nitrogens with one attached hydrogen (secondary N) is 1. The van der Waals surface area contributed by atoms with Gasteiger partial charge in [0.15, 0.2) is 17.5 Å². The Morgan fingerprint density at radius 3 is 2.42 bits per heavy atom. The Bertz CT molecular complexity index is 557. The van der Waals surface area contributed by atoms with Gasteiger partial charge < -0.3 is 5.32 Å². The van der Waals surface area contributed by atoms with Crippen molar-refractivity contribution in [3.8, 4) is 5.69 Å². The summed E-state index contributed by atoms with van der Waals surface area (Å²) in [6, 6.07) is 2.00. The van der Waals surface area contributed by atoms with Crippen molar-refractivity contribution in [3.05, 3.63) is 41.5 Å². The lowest BCUT2D eigenvalue weighted by Gasteiger charge is -2.10. The first-order valence-electron chi connectivity index (χ1n) is 5.77. The second kappa shape index (κ2) is 5.40. The summed E-state index contributed by atoms with van der Waals surface area (Å²) in [6.45, 7) is 4.36. The second-order valence-electron chi connectivity index (χ2n) is 4.40. The van der Waals surface area contributed by atoms with Crippen molar-refractivity contribution >= 4 is 0 Å². The highest BCUT2D eigenvalue weighted by Crippen LogP contribution is 2.17. The van der Waals surface area contributed by atoms with Crippen LogP contribution in [0.1, 0.15) is 19.5 Å². The SMILES string of the molecule is CC(C)NCc1cnnn1-c1cc(F)c(F)c(F)c1. The Morgan fingerprint density at radius 2 is 1.84 bits per heavy atom. The second-order valence-corrected chi connectivity index (χ2v) is 4.40. The normalized spacial score (nSPS) is 11.3. The molecule has 19 heavy (non-hydrogen) atoms. The summed E-state index contributed by atoms with van der Waals surface area (Å²) in [5.74, 6) is -4.01. The molecule has 0 fully saturated rings. The molecule has 102 valence electrons. The van der Waals surface area contributed by atoms with Gasteiger partial charge in [0.1, 0.15) is 0 Å². The highest BCUT2D eigenvalue weighted by Gasteiger charge is 2.14. The Hall–Kier alpha value is -1.89. The molecule has 0 aliphatic carbocycles. The molecule has 7 heteroatoms. The maximum Gasteiger partial charge on any atom is 0.194 e. The number of hydrogen-bond acceptors (Lipinski definition) is 3. The molecule has 0 aliphatic rings. The fourth-order valence-electron chi connectivity index (χ4n) is 1.57. The van der Waals surface area contributed by atoms with Crippen LogP contribution in [0.3, 0.4) is 0 Å². The van der Waals surface area contributed by atoms with Gasteiger partial charge in [-0.15, -0.1) is 5.10 Å². The number of nitrogens with zero attached hydrogens (tertiary/aromatic N) is 3. The average Bonchev–Trinajstić information content (AvgIpc) is 2.81. The molecule has 0 amide bonds. The average molecular weight is 270 g/mol. The molecule has 1 heterocycles. The number of rotatable bonds is 4. The van der Waals surface area contributed by atoms with E-state index in [1.54, 1.807) is 0 Å². The van der Waals surface area contributed by atoms with Gasteiger partial charge in [-0.3, -0.25) is 0 Å². The zero-order valence-corrected chi connectivity index (χ0v) is 10.5. The summed E-state index contributed by atoms with van der Waals surface area (Å²) in [4.78, 5) is 0.